The minimum Gasteiger partial charge on any atom is -0.442 e. The predicted molar refractivity (Wildman–Crippen MR) is 120 cm³/mol. The standard InChI is InChI=1S/C23H25FN4O4/c24-20-13-18(6-7-21(20)27-9-11-31-12-10-27)28-15-19(32-23(28)30)14-26-22(29)8-3-16-1-4-17(25)5-2-16/h1-8,13,19H,9-12,14-15,25H2,(H,26,29). The average molecular weight is 440 g/mol. The van der Waals surface area contributed by atoms with E-state index in [2.05, 4.69) is 5.32 Å². The first-order valence-corrected chi connectivity index (χ1v) is 10.4. The summed E-state index contributed by atoms with van der Waals surface area (Å²) in [6.07, 6.45) is 1.97. The molecule has 168 valence electrons. The first-order chi connectivity index (χ1) is 15.5. The van der Waals surface area contributed by atoms with Gasteiger partial charge in [-0.2, -0.15) is 0 Å². The van der Waals surface area contributed by atoms with Crippen molar-refractivity contribution in [1.29, 1.82) is 0 Å². The van der Waals surface area contributed by atoms with Gasteiger partial charge in [0.05, 0.1) is 37.7 Å². The van der Waals surface area contributed by atoms with Gasteiger partial charge in [-0.3, -0.25) is 9.69 Å². The van der Waals surface area contributed by atoms with Crippen LogP contribution in [0.1, 0.15) is 5.56 Å². The molecular formula is C23H25FN4O4. The van der Waals surface area contributed by atoms with Crippen molar-refractivity contribution in [3.8, 4) is 0 Å². The van der Waals surface area contributed by atoms with Gasteiger partial charge in [0.2, 0.25) is 5.91 Å². The highest BCUT2D eigenvalue weighted by atomic mass is 19.1. The van der Waals surface area contributed by atoms with E-state index < -0.39 is 18.0 Å². The molecule has 2 saturated heterocycles. The van der Waals surface area contributed by atoms with E-state index in [1.807, 2.05) is 4.90 Å². The number of nitrogens with zero attached hydrogens (tertiary/aromatic N) is 2. The Morgan fingerprint density at radius 1 is 1.19 bits per heavy atom. The predicted octanol–water partition coefficient (Wildman–Crippen LogP) is 2.40. The van der Waals surface area contributed by atoms with E-state index in [0.29, 0.717) is 43.4 Å². The summed E-state index contributed by atoms with van der Waals surface area (Å²) in [5.74, 6) is -0.709. The molecule has 9 heteroatoms. The quantitative estimate of drug-likeness (QED) is 0.529. The molecule has 4 rings (SSSR count). The lowest BCUT2D eigenvalue weighted by atomic mass is 10.2. The number of morpholine rings is 1. The fourth-order valence-electron chi connectivity index (χ4n) is 3.62. The topological polar surface area (TPSA) is 97.1 Å². The minimum atomic E-state index is -0.569. The normalized spacial score (nSPS) is 18.8. The van der Waals surface area contributed by atoms with E-state index in [1.165, 1.54) is 17.0 Å². The van der Waals surface area contributed by atoms with Crippen LogP contribution in [0.5, 0.6) is 0 Å². The molecule has 1 atom stereocenters. The van der Waals surface area contributed by atoms with Crippen LogP contribution in [0.15, 0.2) is 48.5 Å². The van der Waals surface area contributed by atoms with Gasteiger partial charge in [-0.05, 0) is 42.0 Å². The minimum absolute atomic E-state index is 0.154. The van der Waals surface area contributed by atoms with E-state index in [-0.39, 0.29) is 19.0 Å². The molecule has 0 bridgehead atoms. The molecule has 0 spiro atoms. The van der Waals surface area contributed by atoms with Crippen LogP contribution in [0.2, 0.25) is 0 Å². The maximum atomic E-state index is 14.7. The van der Waals surface area contributed by atoms with E-state index in [4.69, 9.17) is 15.2 Å². The monoisotopic (exact) mass is 440 g/mol. The molecule has 0 saturated carbocycles. The summed E-state index contributed by atoms with van der Waals surface area (Å²) in [4.78, 5) is 27.6. The molecule has 3 N–H and O–H groups in total. The Kier molecular flexibility index (Phi) is 6.55. The Labute approximate surface area is 185 Å². The molecule has 0 radical (unpaired) electrons. The second-order valence-corrected chi connectivity index (χ2v) is 7.60. The Hall–Kier alpha value is -3.59. The first kappa shape index (κ1) is 21.6. The Bertz CT molecular complexity index is 1010. The number of nitrogens with one attached hydrogen (secondary N) is 1. The molecule has 32 heavy (non-hydrogen) atoms. The van der Waals surface area contributed by atoms with Crippen molar-refractivity contribution >= 4 is 35.1 Å². The summed E-state index contributed by atoms with van der Waals surface area (Å²) in [7, 11) is 0. The molecular weight excluding hydrogens is 415 g/mol. The average Bonchev–Trinajstić information content (AvgIpc) is 3.18. The number of carbonyl (C=O) groups excluding carboxylic acids is 2. The van der Waals surface area contributed by atoms with E-state index in [1.54, 1.807) is 42.5 Å². The Balaban J connectivity index is 1.31. The van der Waals surface area contributed by atoms with Crippen molar-refractivity contribution < 1.29 is 23.5 Å². The molecule has 0 aliphatic carbocycles. The molecule has 2 heterocycles. The van der Waals surface area contributed by atoms with Gasteiger partial charge in [-0.25, -0.2) is 9.18 Å². The van der Waals surface area contributed by atoms with Crippen LogP contribution in [-0.2, 0) is 14.3 Å². The van der Waals surface area contributed by atoms with Gasteiger partial charge in [-0.15, -0.1) is 0 Å². The number of rotatable bonds is 6. The summed E-state index contributed by atoms with van der Waals surface area (Å²) in [6.45, 7) is 2.73. The highest BCUT2D eigenvalue weighted by Crippen LogP contribution is 2.28. The third kappa shape index (κ3) is 5.17. The molecule has 2 amide bonds. The van der Waals surface area contributed by atoms with Crippen molar-refractivity contribution in [2.45, 2.75) is 6.10 Å². The molecule has 2 aromatic rings. The zero-order valence-electron chi connectivity index (χ0n) is 17.5. The van der Waals surface area contributed by atoms with Gasteiger partial charge >= 0.3 is 6.09 Å². The number of ether oxygens (including phenoxy) is 2. The molecule has 8 nitrogen and oxygen atoms in total. The lowest BCUT2D eigenvalue weighted by Crippen LogP contribution is -2.36. The maximum absolute atomic E-state index is 14.7. The van der Waals surface area contributed by atoms with Gasteiger partial charge in [0, 0.05) is 24.9 Å². The van der Waals surface area contributed by atoms with Crippen LogP contribution in [0.4, 0.5) is 26.2 Å². The van der Waals surface area contributed by atoms with Crippen molar-refractivity contribution in [3.05, 3.63) is 59.9 Å². The van der Waals surface area contributed by atoms with Crippen molar-refractivity contribution in [3.63, 3.8) is 0 Å². The van der Waals surface area contributed by atoms with E-state index >= 15 is 0 Å². The lowest BCUT2D eigenvalue weighted by molar-refractivity contribution is -0.116. The number of carbonyl (C=O) groups is 2. The lowest BCUT2D eigenvalue weighted by Gasteiger charge is -2.29. The van der Waals surface area contributed by atoms with E-state index in [9.17, 15) is 14.0 Å². The number of benzene rings is 2. The van der Waals surface area contributed by atoms with Gasteiger partial charge in [0.1, 0.15) is 11.9 Å². The summed E-state index contributed by atoms with van der Waals surface area (Å²) in [5, 5.41) is 2.72. The van der Waals surface area contributed by atoms with Crippen LogP contribution in [0.3, 0.4) is 0 Å². The number of cyclic esters (lactones) is 1. The molecule has 2 aliphatic heterocycles. The third-order valence-corrected chi connectivity index (χ3v) is 5.34. The number of nitrogens with two attached hydrogens (primary N) is 1. The third-order valence-electron chi connectivity index (χ3n) is 5.34. The fraction of sp³-hybridized carbons (Fsp3) is 0.304. The van der Waals surface area contributed by atoms with Gasteiger partial charge in [-0.1, -0.05) is 12.1 Å². The number of nitrogen functional groups attached to an aromatic ring is 1. The number of halogens is 1. The zero-order chi connectivity index (χ0) is 22.5. The Morgan fingerprint density at radius 3 is 2.66 bits per heavy atom. The molecule has 2 aliphatic rings. The number of amides is 2. The smallest absolute Gasteiger partial charge is 0.414 e. The van der Waals surface area contributed by atoms with Crippen molar-refractivity contribution in [2.75, 3.05) is 54.9 Å². The highest BCUT2D eigenvalue weighted by molar-refractivity contribution is 5.92. The summed E-state index contributed by atoms with van der Waals surface area (Å²) >= 11 is 0. The second-order valence-electron chi connectivity index (χ2n) is 7.60. The van der Waals surface area contributed by atoms with Gasteiger partial charge < -0.3 is 25.4 Å². The van der Waals surface area contributed by atoms with Crippen LogP contribution < -0.4 is 20.9 Å². The SMILES string of the molecule is Nc1ccc(C=CC(=O)NCC2CN(c3ccc(N4CCOCC4)c(F)c3)C(=O)O2)cc1. The second kappa shape index (κ2) is 9.69. The van der Waals surface area contributed by atoms with Crippen LogP contribution in [-0.4, -0.2) is 57.5 Å². The summed E-state index contributed by atoms with van der Waals surface area (Å²) in [5.41, 5.74) is 8.03. The summed E-state index contributed by atoms with van der Waals surface area (Å²) < 4.78 is 25.3. The molecule has 2 aromatic carbocycles. The number of anilines is 3. The largest absolute Gasteiger partial charge is 0.442 e. The number of hydrogen-bond acceptors (Lipinski definition) is 6. The van der Waals surface area contributed by atoms with E-state index in [0.717, 1.165) is 5.56 Å². The Morgan fingerprint density at radius 2 is 1.94 bits per heavy atom. The molecule has 1 unspecified atom stereocenters. The first-order valence-electron chi connectivity index (χ1n) is 10.4. The van der Waals surface area contributed by atoms with Crippen molar-refractivity contribution in [2.24, 2.45) is 0 Å². The van der Waals surface area contributed by atoms with Crippen LogP contribution in [0.25, 0.3) is 6.08 Å². The van der Waals surface area contributed by atoms with Gasteiger partial charge in [0.25, 0.3) is 0 Å². The summed E-state index contributed by atoms with van der Waals surface area (Å²) in [6, 6.07) is 11.8. The zero-order valence-corrected chi connectivity index (χ0v) is 17.5. The van der Waals surface area contributed by atoms with Crippen molar-refractivity contribution in [1.82, 2.24) is 5.32 Å². The molecule has 0 aromatic heterocycles. The highest BCUT2D eigenvalue weighted by Gasteiger charge is 2.33. The van der Waals surface area contributed by atoms with Crippen LogP contribution in [0, 0.1) is 5.82 Å². The maximum Gasteiger partial charge on any atom is 0.414 e. The van der Waals surface area contributed by atoms with Crippen LogP contribution >= 0.6 is 0 Å². The number of hydrogen-bond donors (Lipinski definition) is 2. The van der Waals surface area contributed by atoms with Gasteiger partial charge in [0.15, 0.2) is 0 Å². The molecule has 2 fully saturated rings. The fourth-order valence-corrected chi connectivity index (χ4v) is 3.62.